The highest BCUT2D eigenvalue weighted by molar-refractivity contribution is 7.22. The monoisotopic (exact) mass is 964 g/mol. The number of aliphatic imine (C=N–C) groups is 1. The van der Waals surface area contributed by atoms with Crippen molar-refractivity contribution in [3.05, 3.63) is 142 Å². The molecule has 11 nitrogen and oxygen atoms in total. The highest BCUT2D eigenvalue weighted by atomic mass is 32.1. The molecular weight excluding hydrogens is 901 g/mol. The van der Waals surface area contributed by atoms with Crippen molar-refractivity contribution in [2.45, 2.75) is 107 Å². The molecule has 1 aliphatic carbocycles. The summed E-state index contributed by atoms with van der Waals surface area (Å²) in [5.74, 6) is 2.05. The largest absolute Gasteiger partial charge is 0.508 e. The summed E-state index contributed by atoms with van der Waals surface area (Å²) < 4.78 is 12.9. The topological polar surface area (TPSA) is 159 Å². The van der Waals surface area contributed by atoms with E-state index in [1.54, 1.807) is 59.7 Å². The number of carbonyl (C=O) groups is 1. The van der Waals surface area contributed by atoms with E-state index in [2.05, 4.69) is 48.0 Å². The van der Waals surface area contributed by atoms with E-state index in [1.807, 2.05) is 77.9 Å². The Bertz CT molecular complexity index is 2920. The molecule has 1 saturated heterocycles. The van der Waals surface area contributed by atoms with Crippen molar-refractivity contribution in [3.63, 3.8) is 0 Å². The fourth-order valence-electron chi connectivity index (χ4n) is 9.41. The number of phenols is 2. The average Bonchev–Trinajstić information content (AvgIpc) is 4.07. The molecule has 3 aromatic heterocycles. The van der Waals surface area contributed by atoms with Crippen LogP contribution in [-0.2, 0) is 6.42 Å². The second-order valence-electron chi connectivity index (χ2n) is 17.0. The van der Waals surface area contributed by atoms with Crippen LogP contribution >= 0.6 is 22.7 Å². The fraction of sp³-hybridized carbons (Fsp3) is 0.339. The molecule has 13 heteroatoms. The molecule has 2 aliphatic heterocycles. The van der Waals surface area contributed by atoms with Crippen molar-refractivity contribution >= 4 is 66.6 Å². The number of anilines is 2. The number of benzene rings is 4. The van der Waals surface area contributed by atoms with Gasteiger partial charge in [-0.25, -0.2) is 4.98 Å². The lowest BCUT2D eigenvalue weighted by Gasteiger charge is -2.52. The normalized spacial score (nSPS) is 16.1. The molecule has 0 amide bonds. The number of hydrogen-bond acceptors (Lipinski definition) is 12. The summed E-state index contributed by atoms with van der Waals surface area (Å²) in [6.07, 6.45) is 7.77. The number of rotatable bonds is 9. The SMILES string of the molecule is CC.CC.CC.CC(=N)N1C(=N)C(Cc2ncco2)N=C(c2ccc(OC3CC4(CCN(c5ccc(C(=O)c6c(-c7ccc(O)cc7)sc7cc(O)ccc67)cc5)CC4)C3)cc2)c2c1sc(C)c2C. The quantitative estimate of drug-likeness (QED) is 0.0632. The third-order valence-corrected chi connectivity index (χ3v) is 15.3. The number of ketones is 1. The fourth-order valence-corrected chi connectivity index (χ4v) is 11.9. The van der Waals surface area contributed by atoms with Crippen LogP contribution in [-0.4, -0.2) is 63.6 Å². The summed E-state index contributed by atoms with van der Waals surface area (Å²) in [5, 5.41) is 39.5. The number of aromatic hydroxyl groups is 2. The zero-order valence-electron chi connectivity index (χ0n) is 41.1. The van der Waals surface area contributed by atoms with Gasteiger partial charge < -0.3 is 24.3 Å². The van der Waals surface area contributed by atoms with Crippen molar-refractivity contribution in [2.24, 2.45) is 10.4 Å². The Morgan fingerprint density at radius 3 is 2.12 bits per heavy atom. The Labute approximate surface area is 414 Å². The first-order valence-corrected chi connectivity index (χ1v) is 25.8. The molecule has 7 aromatic rings. The van der Waals surface area contributed by atoms with E-state index in [4.69, 9.17) is 19.6 Å². The Kier molecular flexibility index (Phi) is 15.9. The zero-order valence-corrected chi connectivity index (χ0v) is 42.8. The third-order valence-electron chi connectivity index (χ3n) is 12.9. The molecule has 1 atom stereocenters. The standard InChI is InChI=1S/C50H46N6O5S2.3C2H6/c1-28-29(2)62-49-43(28)45(54-40(25-42-53-20-23-60-42)48(52)56(49)30(3)51)31-8-15-37(16-9-31)61-38-26-50(27-38)18-21-55(22-19-50)34-10-4-32(5-11-34)46(59)44-39-17-14-36(58)24-41(39)63-47(44)33-6-12-35(57)13-7-33;3*1-2/h4-17,20,23-24,38,40,51-52,57-58H,18-19,21-22,25-27H2,1-3H3;3*1-2H3. The molecule has 2 fully saturated rings. The summed E-state index contributed by atoms with van der Waals surface area (Å²) >= 11 is 3.04. The number of fused-ring (bicyclic) bond motifs is 2. The van der Waals surface area contributed by atoms with Gasteiger partial charge in [-0.1, -0.05) is 41.5 Å². The lowest BCUT2D eigenvalue weighted by Crippen LogP contribution is -2.51. The Morgan fingerprint density at radius 2 is 1.49 bits per heavy atom. The second-order valence-corrected chi connectivity index (χ2v) is 19.2. The number of nitrogens with one attached hydrogen (secondary N) is 2. The van der Waals surface area contributed by atoms with Crippen LogP contribution in [0.4, 0.5) is 10.7 Å². The van der Waals surface area contributed by atoms with Gasteiger partial charge in [0.05, 0.1) is 24.4 Å². The van der Waals surface area contributed by atoms with E-state index in [9.17, 15) is 20.4 Å². The maximum Gasteiger partial charge on any atom is 0.196 e. The molecule has 0 bridgehead atoms. The number of ether oxygens (including phenoxy) is 1. The predicted molar refractivity (Wildman–Crippen MR) is 286 cm³/mol. The number of oxazole rings is 1. The first-order chi connectivity index (χ1) is 33.4. The smallest absolute Gasteiger partial charge is 0.196 e. The van der Waals surface area contributed by atoms with Crippen molar-refractivity contribution in [1.82, 2.24) is 4.98 Å². The van der Waals surface area contributed by atoms with E-state index in [1.165, 1.54) is 17.6 Å². The molecule has 5 heterocycles. The molecule has 0 radical (unpaired) electrons. The average molecular weight is 965 g/mol. The molecule has 1 unspecified atom stereocenters. The number of piperidine rings is 1. The second kappa shape index (κ2) is 21.8. The van der Waals surface area contributed by atoms with Crippen LogP contribution in [0.15, 0.2) is 113 Å². The molecule has 360 valence electrons. The van der Waals surface area contributed by atoms with Gasteiger partial charge in [-0.05, 0) is 154 Å². The van der Waals surface area contributed by atoms with Crippen LogP contribution in [0.5, 0.6) is 17.2 Å². The number of phenolic OH excluding ortho intramolecular Hbond substituents is 2. The van der Waals surface area contributed by atoms with Crippen LogP contribution in [0.1, 0.15) is 118 Å². The first-order valence-electron chi connectivity index (χ1n) is 24.2. The zero-order chi connectivity index (χ0) is 49.6. The number of carbonyl (C=O) groups excluding carboxylic acids is 1. The Morgan fingerprint density at radius 1 is 0.855 bits per heavy atom. The molecule has 1 spiro atoms. The number of aryl methyl sites for hydroxylation is 1. The maximum atomic E-state index is 14.2. The minimum absolute atomic E-state index is 0.0753. The highest BCUT2D eigenvalue weighted by Gasteiger charge is 2.47. The summed E-state index contributed by atoms with van der Waals surface area (Å²) in [4.78, 5) is 29.7. The number of aromatic nitrogens is 1. The maximum absolute atomic E-state index is 14.2. The minimum atomic E-state index is -0.586. The van der Waals surface area contributed by atoms with Crippen LogP contribution in [0.25, 0.3) is 20.5 Å². The number of thiophene rings is 2. The summed E-state index contributed by atoms with van der Waals surface area (Å²) in [7, 11) is 0. The van der Waals surface area contributed by atoms with Gasteiger partial charge in [0.15, 0.2) is 11.7 Å². The van der Waals surface area contributed by atoms with E-state index >= 15 is 0 Å². The first kappa shape index (κ1) is 50.3. The van der Waals surface area contributed by atoms with Crippen molar-refractivity contribution in [2.75, 3.05) is 22.9 Å². The van der Waals surface area contributed by atoms with E-state index in [0.717, 1.165) is 103 Å². The van der Waals surface area contributed by atoms with Crippen LogP contribution in [0.2, 0.25) is 0 Å². The van der Waals surface area contributed by atoms with Crippen molar-refractivity contribution in [3.8, 4) is 27.7 Å². The highest BCUT2D eigenvalue weighted by Crippen LogP contribution is 2.51. The summed E-state index contributed by atoms with van der Waals surface area (Å²) in [6.45, 7) is 19.7. The Balaban J connectivity index is 0.00000113. The van der Waals surface area contributed by atoms with E-state index in [-0.39, 0.29) is 40.5 Å². The number of amidine groups is 2. The molecule has 3 aliphatic rings. The van der Waals surface area contributed by atoms with E-state index in [0.29, 0.717) is 23.4 Å². The van der Waals surface area contributed by atoms with Gasteiger partial charge in [-0.3, -0.25) is 25.5 Å². The number of nitrogens with zero attached hydrogens (tertiary/aromatic N) is 4. The van der Waals surface area contributed by atoms with Crippen LogP contribution in [0, 0.1) is 30.1 Å². The Hall–Kier alpha value is -6.57. The third kappa shape index (κ3) is 10.3. The predicted octanol–water partition coefficient (Wildman–Crippen LogP) is 14.0. The lowest BCUT2D eigenvalue weighted by molar-refractivity contribution is -0.0310. The van der Waals surface area contributed by atoms with Crippen LogP contribution in [0.3, 0.4) is 0 Å². The van der Waals surface area contributed by atoms with Gasteiger partial charge >= 0.3 is 0 Å². The van der Waals surface area contributed by atoms with Gasteiger partial charge in [0.1, 0.15) is 46.2 Å². The molecule has 4 N–H and O–H groups in total. The lowest BCUT2D eigenvalue weighted by atomic mass is 9.61. The van der Waals surface area contributed by atoms with E-state index < -0.39 is 6.04 Å². The van der Waals surface area contributed by atoms with Gasteiger partial charge in [0.2, 0.25) is 0 Å². The molecule has 4 aromatic carbocycles. The van der Waals surface area contributed by atoms with Gasteiger partial charge in [-0.15, -0.1) is 22.7 Å². The number of hydrogen-bond donors (Lipinski definition) is 4. The summed E-state index contributed by atoms with van der Waals surface area (Å²) in [5.41, 5.74) is 7.16. The molecule has 1 saturated carbocycles. The molecular formula is C56H64N6O5S2. The van der Waals surface area contributed by atoms with Gasteiger partial charge in [0.25, 0.3) is 0 Å². The van der Waals surface area contributed by atoms with Gasteiger partial charge in [0, 0.05) is 60.9 Å². The molecule has 69 heavy (non-hydrogen) atoms. The molecule has 10 rings (SSSR count). The van der Waals surface area contributed by atoms with Crippen LogP contribution < -0.4 is 14.5 Å². The van der Waals surface area contributed by atoms with Crippen molar-refractivity contribution in [1.29, 1.82) is 10.8 Å². The van der Waals surface area contributed by atoms with Crippen molar-refractivity contribution < 1.29 is 24.2 Å². The van der Waals surface area contributed by atoms with Gasteiger partial charge in [-0.2, -0.15) is 0 Å². The summed E-state index contributed by atoms with van der Waals surface area (Å²) in [6, 6.07) is 27.5. The minimum Gasteiger partial charge on any atom is -0.508 e.